The van der Waals surface area contributed by atoms with Crippen LogP contribution in [-0.4, -0.2) is 34.4 Å². The molecule has 0 fully saturated rings. The maximum atomic E-state index is 12.8. The van der Waals surface area contributed by atoms with Crippen LogP contribution in [0.3, 0.4) is 0 Å². The first-order valence-corrected chi connectivity index (χ1v) is 9.07. The zero-order valence-electron chi connectivity index (χ0n) is 14.8. The molecule has 0 saturated heterocycles. The second kappa shape index (κ2) is 7.50. The lowest BCUT2D eigenvalue weighted by Crippen LogP contribution is -2.44. The third-order valence-corrected chi connectivity index (χ3v) is 5.05. The minimum atomic E-state index is -0.161. The van der Waals surface area contributed by atoms with Gasteiger partial charge in [0.05, 0.1) is 12.1 Å². The van der Waals surface area contributed by atoms with Crippen LogP contribution in [-0.2, 0) is 9.53 Å². The summed E-state index contributed by atoms with van der Waals surface area (Å²) in [7, 11) is 1.51. The van der Waals surface area contributed by atoms with Gasteiger partial charge in [-0.25, -0.2) is 4.68 Å². The number of hydrogen-bond donors (Lipinski definition) is 0. The summed E-state index contributed by atoms with van der Waals surface area (Å²) < 4.78 is 6.90. The van der Waals surface area contributed by atoms with Crippen molar-refractivity contribution in [1.29, 1.82) is 0 Å². The summed E-state index contributed by atoms with van der Waals surface area (Å²) in [6, 6.07) is 17.5. The summed E-state index contributed by atoms with van der Waals surface area (Å²) in [6.45, 7) is -0.0121. The Morgan fingerprint density at radius 3 is 2.52 bits per heavy atom. The number of fused-ring (bicyclic) bond motifs is 1. The largest absolute Gasteiger partial charge is 0.375 e. The van der Waals surface area contributed by atoms with Crippen LogP contribution < -0.4 is 4.90 Å². The predicted octanol–water partition coefficient (Wildman–Crippen LogP) is 3.65. The second-order valence-electron chi connectivity index (χ2n) is 6.43. The second-order valence-corrected chi connectivity index (χ2v) is 6.87. The number of rotatable bonds is 4. The number of carbonyl (C=O) groups excluding carboxylic acids is 1. The van der Waals surface area contributed by atoms with E-state index in [0.717, 1.165) is 11.1 Å². The Balaban J connectivity index is 1.82. The fourth-order valence-electron chi connectivity index (χ4n) is 3.59. The number of amides is 1. The van der Waals surface area contributed by atoms with Gasteiger partial charge < -0.3 is 4.74 Å². The predicted molar refractivity (Wildman–Crippen MR) is 103 cm³/mol. The van der Waals surface area contributed by atoms with Crippen LogP contribution >= 0.6 is 11.6 Å². The quantitative estimate of drug-likeness (QED) is 0.691. The van der Waals surface area contributed by atoms with Gasteiger partial charge in [-0.15, -0.1) is 0 Å². The molecule has 0 N–H and O–H groups in total. The molecule has 1 aliphatic rings. The van der Waals surface area contributed by atoms with Gasteiger partial charge in [-0.3, -0.25) is 9.69 Å². The molecule has 138 valence electrons. The molecule has 3 aromatic rings. The van der Waals surface area contributed by atoms with Crippen LogP contribution in [0.4, 0.5) is 5.95 Å². The number of halogens is 1. The monoisotopic (exact) mass is 382 g/mol. The Labute approximate surface area is 162 Å². The maximum Gasteiger partial charge on any atom is 0.255 e. The minimum Gasteiger partial charge on any atom is -0.375 e. The van der Waals surface area contributed by atoms with Gasteiger partial charge in [0.15, 0.2) is 0 Å². The SMILES string of the molecule is COCC(=O)N1c2ncnn2C(c2ccc(Cl)cc2)CC1c1ccccc1. The Hall–Kier alpha value is -2.70. The van der Waals surface area contributed by atoms with Crippen molar-refractivity contribution < 1.29 is 9.53 Å². The van der Waals surface area contributed by atoms with Gasteiger partial charge in [-0.2, -0.15) is 10.1 Å². The van der Waals surface area contributed by atoms with Crippen LogP contribution in [0.2, 0.25) is 5.02 Å². The molecule has 2 aromatic carbocycles. The van der Waals surface area contributed by atoms with Crippen LogP contribution in [0.15, 0.2) is 60.9 Å². The number of hydrogen-bond acceptors (Lipinski definition) is 4. The minimum absolute atomic E-state index is 0.0121. The first-order valence-electron chi connectivity index (χ1n) is 8.70. The molecule has 0 aliphatic carbocycles. The van der Waals surface area contributed by atoms with Crippen molar-refractivity contribution in [3.8, 4) is 0 Å². The normalized spacial score (nSPS) is 19.0. The van der Waals surface area contributed by atoms with Crippen molar-refractivity contribution in [3.05, 3.63) is 77.1 Å². The van der Waals surface area contributed by atoms with E-state index >= 15 is 0 Å². The summed E-state index contributed by atoms with van der Waals surface area (Å²) in [6.07, 6.45) is 2.16. The molecule has 2 unspecified atom stereocenters. The number of carbonyl (C=O) groups is 1. The average molecular weight is 383 g/mol. The lowest BCUT2D eigenvalue weighted by atomic mass is 9.92. The molecule has 2 atom stereocenters. The van der Waals surface area contributed by atoms with Crippen LogP contribution in [0.1, 0.15) is 29.6 Å². The van der Waals surface area contributed by atoms with E-state index in [1.54, 1.807) is 9.58 Å². The molecule has 4 rings (SSSR count). The van der Waals surface area contributed by atoms with Crippen LogP contribution in [0.25, 0.3) is 0 Å². The fraction of sp³-hybridized carbons (Fsp3) is 0.250. The first kappa shape index (κ1) is 17.7. The zero-order valence-corrected chi connectivity index (χ0v) is 15.6. The molecule has 0 bridgehead atoms. The summed E-state index contributed by atoms with van der Waals surface area (Å²) in [5.41, 5.74) is 2.13. The molecule has 0 radical (unpaired) electrons. The van der Waals surface area contributed by atoms with Gasteiger partial charge in [0, 0.05) is 12.1 Å². The number of ether oxygens (including phenoxy) is 1. The highest BCUT2D eigenvalue weighted by Gasteiger charge is 2.39. The van der Waals surface area contributed by atoms with E-state index in [4.69, 9.17) is 16.3 Å². The van der Waals surface area contributed by atoms with Gasteiger partial charge in [-0.05, 0) is 29.7 Å². The van der Waals surface area contributed by atoms with E-state index in [9.17, 15) is 4.79 Å². The standard InChI is InChI=1S/C20H19ClN4O2/c1-27-12-19(26)24-17(14-5-3-2-4-6-14)11-18(25-20(24)22-13-23-25)15-7-9-16(21)10-8-15/h2-10,13,17-18H,11-12H2,1H3. The fourth-order valence-corrected chi connectivity index (χ4v) is 3.72. The molecule has 1 aliphatic heterocycles. The molecule has 0 saturated carbocycles. The van der Waals surface area contributed by atoms with E-state index in [1.807, 2.05) is 54.6 Å². The molecule has 6 nitrogen and oxygen atoms in total. The Kier molecular flexibility index (Phi) is 4.92. The lowest BCUT2D eigenvalue weighted by Gasteiger charge is -2.39. The number of aromatic nitrogens is 3. The number of anilines is 1. The van der Waals surface area contributed by atoms with Crippen LogP contribution in [0.5, 0.6) is 0 Å². The highest BCUT2D eigenvalue weighted by Crippen LogP contribution is 2.41. The van der Waals surface area contributed by atoms with Crippen molar-refractivity contribution >= 4 is 23.5 Å². The van der Waals surface area contributed by atoms with Crippen molar-refractivity contribution in [2.45, 2.75) is 18.5 Å². The first-order chi connectivity index (χ1) is 13.2. The number of nitrogens with zero attached hydrogens (tertiary/aromatic N) is 4. The van der Waals surface area contributed by atoms with Gasteiger partial charge in [0.1, 0.15) is 12.9 Å². The topological polar surface area (TPSA) is 60.2 Å². The summed E-state index contributed by atoms with van der Waals surface area (Å²) in [4.78, 5) is 18.9. The third kappa shape index (κ3) is 3.34. The van der Waals surface area contributed by atoms with E-state index in [1.165, 1.54) is 13.4 Å². The van der Waals surface area contributed by atoms with Crippen molar-refractivity contribution in [2.24, 2.45) is 0 Å². The molecule has 2 heterocycles. The summed E-state index contributed by atoms with van der Waals surface area (Å²) in [5.74, 6) is 0.382. The highest BCUT2D eigenvalue weighted by molar-refractivity contribution is 6.30. The van der Waals surface area contributed by atoms with Crippen molar-refractivity contribution in [3.63, 3.8) is 0 Å². The number of benzene rings is 2. The Morgan fingerprint density at radius 1 is 1.11 bits per heavy atom. The Morgan fingerprint density at radius 2 is 1.81 bits per heavy atom. The average Bonchev–Trinajstić information content (AvgIpc) is 3.18. The molecule has 7 heteroatoms. The van der Waals surface area contributed by atoms with Gasteiger partial charge in [-0.1, -0.05) is 54.1 Å². The van der Waals surface area contributed by atoms with Gasteiger partial charge >= 0.3 is 0 Å². The van der Waals surface area contributed by atoms with Crippen LogP contribution in [0, 0.1) is 0 Å². The van der Waals surface area contributed by atoms with Gasteiger partial charge in [0.25, 0.3) is 5.91 Å². The Bertz CT molecular complexity index is 927. The third-order valence-electron chi connectivity index (χ3n) is 4.80. The lowest BCUT2D eigenvalue weighted by molar-refractivity contribution is -0.123. The molecule has 27 heavy (non-hydrogen) atoms. The summed E-state index contributed by atoms with van der Waals surface area (Å²) in [5, 5.41) is 5.08. The van der Waals surface area contributed by atoms with Crippen molar-refractivity contribution in [1.82, 2.24) is 14.8 Å². The van der Waals surface area contributed by atoms with E-state index < -0.39 is 0 Å². The highest BCUT2D eigenvalue weighted by atomic mass is 35.5. The molecular weight excluding hydrogens is 364 g/mol. The van der Waals surface area contributed by atoms with E-state index in [-0.39, 0.29) is 24.6 Å². The molecule has 1 amide bonds. The molecule has 1 aromatic heterocycles. The molecular formula is C20H19ClN4O2. The summed E-state index contributed by atoms with van der Waals surface area (Å²) >= 11 is 6.05. The number of methoxy groups -OCH3 is 1. The smallest absolute Gasteiger partial charge is 0.255 e. The maximum absolute atomic E-state index is 12.8. The van der Waals surface area contributed by atoms with Crippen molar-refractivity contribution in [2.75, 3.05) is 18.6 Å². The zero-order chi connectivity index (χ0) is 18.8. The molecule has 0 spiro atoms. The van der Waals surface area contributed by atoms with Gasteiger partial charge in [0.2, 0.25) is 5.95 Å². The van der Waals surface area contributed by atoms with E-state index in [2.05, 4.69) is 10.1 Å². The van der Waals surface area contributed by atoms with E-state index in [0.29, 0.717) is 17.4 Å².